The van der Waals surface area contributed by atoms with Crippen molar-refractivity contribution in [3.63, 3.8) is 0 Å². The van der Waals surface area contributed by atoms with Gasteiger partial charge in [-0.1, -0.05) is 5.21 Å². The van der Waals surface area contributed by atoms with Crippen LogP contribution in [0.1, 0.15) is 63.1 Å². The van der Waals surface area contributed by atoms with Crippen LogP contribution in [-0.4, -0.2) is 53.8 Å². The van der Waals surface area contributed by atoms with Crippen LogP contribution in [0.5, 0.6) is 0 Å². The number of aromatic nitrogens is 5. The third-order valence-electron chi connectivity index (χ3n) is 4.57. The zero-order valence-electron chi connectivity index (χ0n) is 15.5. The topological polar surface area (TPSA) is 89.1 Å². The molecule has 1 aliphatic rings. The van der Waals surface area contributed by atoms with E-state index in [4.69, 9.17) is 0 Å². The summed E-state index contributed by atoms with van der Waals surface area (Å²) in [6.07, 6.45) is 5.55. The van der Waals surface area contributed by atoms with Gasteiger partial charge in [0.25, 0.3) is 5.91 Å². The lowest BCUT2D eigenvalue weighted by Crippen LogP contribution is -2.34. The molecule has 3 rings (SSSR count). The summed E-state index contributed by atoms with van der Waals surface area (Å²) in [6.45, 7) is 10.8. The Bertz CT molecular complexity index is 772. The van der Waals surface area contributed by atoms with Crippen molar-refractivity contribution in [1.82, 2.24) is 29.7 Å². The van der Waals surface area contributed by atoms with Crippen LogP contribution >= 0.6 is 0 Å². The number of hydrogen-bond donors (Lipinski definition) is 1. The predicted molar refractivity (Wildman–Crippen MR) is 92.0 cm³/mol. The second kappa shape index (κ2) is 5.94. The molecular weight excluding hydrogens is 320 g/mol. The van der Waals surface area contributed by atoms with Gasteiger partial charge in [0.1, 0.15) is 11.3 Å². The van der Waals surface area contributed by atoms with E-state index >= 15 is 0 Å². The van der Waals surface area contributed by atoms with Gasteiger partial charge in [-0.15, -0.1) is 5.10 Å². The van der Waals surface area contributed by atoms with Crippen LogP contribution in [0, 0.1) is 0 Å². The van der Waals surface area contributed by atoms with Crippen molar-refractivity contribution in [2.24, 2.45) is 0 Å². The molecule has 0 spiro atoms. The molecule has 1 amide bonds. The van der Waals surface area contributed by atoms with Crippen LogP contribution in [0.4, 0.5) is 0 Å². The SMILES string of the molecule is CC(C)n1cc(C2(O)CCN(C(=O)c3cnn(C(C)(C)C)c3)C2)nn1. The fourth-order valence-electron chi connectivity index (χ4n) is 2.90. The van der Waals surface area contributed by atoms with Crippen molar-refractivity contribution in [3.8, 4) is 0 Å². The number of rotatable bonds is 3. The maximum absolute atomic E-state index is 12.7. The van der Waals surface area contributed by atoms with E-state index in [1.54, 1.807) is 32.9 Å². The zero-order chi connectivity index (χ0) is 18.4. The molecule has 8 nitrogen and oxygen atoms in total. The molecule has 8 heteroatoms. The maximum Gasteiger partial charge on any atom is 0.257 e. The van der Waals surface area contributed by atoms with Crippen molar-refractivity contribution in [1.29, 1.82) is 0 Å². The van der Waals surface area contributed by atoms with Gasteiger partial charge in [0, 0.05) is 25.2 Å². The molecule has 0 aromatic carbocycles. The fourth-order valence-corrected chi connectivity index (χ4v) is 2.90. The van der Waals surface area contributed by atoms with Gasteiger partial charge in [-0.05, 0) is 34.6 Å². The molecule has 1 unspecified atom stereocenters. The number of likely N-dealkylation sites (tertiary alicyclic amines) is 1. The summed E-state index contributed by atoms with van der Waals surface area (Å²) in [5, 5.41) is 23.4. The highest BCUT2D eigenvalue weighted by molar-refractivity contribution is 5.94. The van der Waals surface area contributed by atoms with Gasteiger partial charge in [0.05, 0.1) is 30.0 Å². The highest BCUT2D eigenvalue weighted by Gasteiger charge is 2.42. The Morgan fingerprint density at radius 2 is 2.04 bits per heavy atom. The van der Waals surface area contributed by atoms with E-state index in [1.807, 2.05) is 34.6 Å². The molecule has 25 heavy (non-hydrogen) atoms. The lowest BCUT2D eigenvalue weighted by atomic mass is 10.00. The van der Waals surface area contributed by atoms with E-state index in [1.165, 1.54) is 0 Å². The van der Waals surface area contributed by atoms with Gasteiger partial charge in [-0.25, -0.2) is 4.68 Å². The summed E-state index contributed by atoms with van der Waals surface area (Å²) < 4.78 is 3.49. The van der Waals surface area contributed by atoms with E-state index in [9.17, 15) is 9.90 Å². The summed E-state index contributed by atoms with van der Waals surface area (Å²) in [5.41, 5.74) is -0.283. The van der Waals surface area contributed by atoms with Gasteiger partial charge in [0.2, 0.25) is 0 Å². The smallest absolute Gasteiger partial charge is 0.257 e. The second-order valence-electron chi connectivity index (χ2n) is 8.03. The van der Waals surface area contributed by atoms with E-state index in [-0.39, 0.29) is 24.0 Å². The molecule has 3 heterocycles. The highest BCUT2D eigenvalue weighted by atomic mass is 16.3. The summed E-state index contributed by atoms with van der Waals surface area (Å²) in [5.74, 6) is -0.123. The Labute approximate surface area is 147 Å². The number of carbonyl (C=O) groups excluding carboxylic acids is 1. The lowest BCUT2D eigenvalue weighted by molar-refractivity contribution is 0.0381. The van der Waals surface area contributed by atoms with Gasteiger partial charge < -0.3 is 10.0 Å². The Kier molecular flexibility index (Phi) is 4.18. The molecule has 2 aromatic rings. The van der Waals surface area contributed by atoms with Crippen molar-refractivity contribution < 1.29 is 9.90 Å². The summed E-state index contributed by atoms with van der Waals surface area (Å²) in [4.78, 5) is 14.4. The Morgan fingerprint density at radius 1 is 1.32 bits per heavy atom. The van der Waals surface area contributed by atoms with Crippen LogP contribution in [0.2, 0.25) is 0 Å². The Balaban J connectivity index is 1.75. The fraction of sp³-hybridized carbons (Fsp3) is 0.647. The first kappa shape index (κ1) is 17.6. The Morgan fingerprint density at radius 3 is 2.60 bits per heavy atom. The number of aliphatic hydroxyl groups is 1. The minimum atomic E-state index is -1.15. The molecule has 1 N–H and O–H groups in total. The van der Waals surface area contributed by atoms with Gasteiger partial charge in [-0.2, -0.15) is 5.10 Å². The average Bonchev–Trinajstić information content (AvgIpc) is 3.25. The predicted octanol–water partition coefficient (Wildman–Crippen LogP) is 1.54. The van der Waals surface area contributed by atoms with Crippen molar-refractivity contribution in [2.45, 2.75) is 58.2 Å². The van der Waals surface area contributed by atoms with Crippen molar-refractivity contribution in [3.05, 3.63) is 29.8 Å². The molecule has 2 aromatic heterocycles. The van der Waals surface area contributed by atoms with Gasteiger partial charge >= 0.3 is 0 Å². The number of nitrogens with zero attached hydrogens (tertiary/aromatic N) is 6. The number of carbonyl (C=O) groups is 1. The Hall–Kier alpha value is -2.22. The zero-order valence-corrected chi connectivity index (χ0v) is 15.5. The molecule has 0 aliphatic carbocycles. The minimum Gasteiger partial charge on any atom is -0.381 e. The third kappa shape index (κ3) is 3.30. The summed E-state index contributed by atoms with van der Waals surface area (Å²) in [6, 6.07) is 0.173. The normalized spacial score (nSPS) is 21.3. The van der Waals surface area contributed by atoms with Crippen LogP contribution in [0.15, 0.2) is 18.6 Å². The standard InChI is InChI=1S/C17H26N6O2/c1-12(2)22-10-14(19-20-22)17(25)6-7-21(11-17)15(24)13-8-18-23(9-13)16(3,4)5/h8-10,12,25H,6-7,11H2,1-5H3. The van der Waals surface area contributed by atoms with Gasteiger partial charge in [-0.3, -0.25) is 9.48 Å². The molecule has 0 saturated carbocycles. The average molecular weight is 346 g/mol. The number of amides is 1. The molecule has 1 atom stereocenters. The van der Waals surface area contributed by atoms with Crippen molar-refractivity contribution >= 4 is 5.91 Å². The molecule has 1 fully saturated rings. The maximum atomic E-state index is 12.7. The summed E-state index contributed by atoms with van der Waals surface area (Å²) >= 11 is 0. The monoisotopic (exact) mass is 346 g/mol. The first-order valence-electron chi connectivity index (χ1n) is 8.59. The first-order valence-corrected chi connectivity index (χ1v) is 8.59. The molecule has 0 radical (unpaired) electrons. The van der Waals surface area contributed by atoms with Crippen LogP contribution in [0.25, 0.3) is 0 Å². The second-order valence-corrected chi connectivity index (χ2v) is 8.03. The minimum absolute atomic E-state index is 0.123. The molecule has 1 saturated heterocycles. The molecule has 0 bridgehead atoms. The number of β-amino-alcohol motifs (C(OH)–C–C–N with tert-alkyl or cyclic N) is 1. The largest absolute Gasteiger partial charge is 0.381 e. The summed E-state index contributed by atoms with van der Waals surface area (Å²) in [7, 11) is 0. The van der Waals surface area contributed by atoms with E-state index in [0.29, 0.717) is 24.2 Å². The quantitative estimate of drug-likeness (QED) is 0.911. The van der Waals surface area contributed by atoms with E-state index in [2.05, 4.69) is 15.4 Å². The van der Waals surface area contributed by atoms with Crippen LogP contribution in [-0.2, 0) is 11.1 Å². The first-order chi connectivity index (χ1) is 11.6. The van der Waals surface area contributed by atoms with Crippen molar-refractivity contribution in [2.75, 3.05) is 13.1 Å². The number of hydrogen-bond acceptors (Lipinski definition) is 5. The van der Waals surface area contributed by atoms with Crippen LogP contribution in [0.3, 0.4) is 0 Å². The van der Waals surface area contributed by atoms with Gasteiger partial charge in [0.15, 0.2) is 0 Å². The molecule has 136 valence electrons. The van der Waals surface area contributed by atoms with E-state index in [0.717, 1.165) is 0 Å². The van der Waals surface area contributed by atoms with E-state index < -0.39 is 5.60 Å². The lowest BCUT2D eigenvalue weighted by Gasteiger charge is -2.21. The highest BCUT2D eigenvalue weighted by Crippen LogP contribution is 2.31. The van der Waals surface area contributed by atoms with Crippen LogP contribution < -0.4 is 0 Å². The molecule has 1 aliphatic heterocycles. The third-order valence-corrected chi connectivity index (χ3v) is 4.57. The molecular formula is C17H26N6O2.